The quantitative estimate of drug-likeness (QED) is 0.0891. The van der Waals surface area contributed by atoms with E-state index in [1.54, 1.807) is 10.9 Å². The minimum Gasteiger partial charge on any atom is -0.400 e. The fraction of sp³-hybridized carbons (Fsp3) is 0.640. The summed E-state index contributed by atoms with van der Waals surface area (Å²) < 4.78 is 5.13. The van der Waals surface area contributed by atoms with E-state index in [1.807, 2.05) is 0 Å². The Balaban J connectivity index is 0. The molecule has 10 heteroatoms. The van der Waals surface area contributed by atoms with Gasteiger partial charge in [-0.3, -0.25) is 0 Å². The molecule has 0 N–H and O–H groups in total. The Morgan fingerprint density at radius 3 is 0.509 bits per heavy atom. The highest BCUT2D eigenvalue weighted by Crippen LogP contribution is 2.40. The fourth-order valence-corrected chi connectivity index (χ4v) is 13.9. The number of benzene rings is 6. The molecule has 0 saturated carbocycles. The number of rotatable bonds is 16. The summed E-state index contributed by atoms with van der Waals surface area (Å²) in [6.07, 6.45) is 0. The SMILES string of the molecule is CB(C)C(C)(C)C.CB(C)C(C)(C)C.CB(c1c(C(C)C)cccc1C(C)C)C(C)(C)C.CB(c1c(C(C)C)cccc1C(C)C)C(C)(C)C.CB(c1ccccc1)C(C)(C)C.CB(c1ccccc1)C(C)(C)C.CC(C)c1cccc(C(C)C)c1N(C)[Si](C)(C)C.CC(C)c1cccc(C(C)C)c1N(C)[Si](C)(C)C. The van der Waals surface area contributed by atoms with E-state index in [1.165, 1.54) is 66.8 Å². The van der Waals surface area contributed by atoms with Crippen molar-refractivity contribution in [2.24, 2.45) is 0 Å². The van der Waals surface area contributed by atoms with Gasteiger partial charge in [-0.15, -0.1) is 0 Å². The summed E-state index contributed by atoms with van der Waals surface area (Å²) in [5.74, 6) is 4.73. The molecule has 0 saturated heterocycles. The van der Waals surface area contributed by atoms with E-state index in [0.717, 1.165) is 13.4 Å². The zero-order chi connectivity index (χ0) is 86.9. The summed E-state index contributed by atoms with van der Waals surface area (Å²) in [7, 11) is 1.91. The lowest BCUT2D eigenvalue weighted by molar-refractivity contribution is 0.741. The minimum atomic E-state index is -1.32. The summed E-state index contributed by atoms with van der Waals surface area (Å²) in [5.41, 5.74) is 21.1. The maximum absolute atomic E-state index is 2.57. The van der Waals surface area contributed by atoms with E-state index < -0.39 is 16.5 Å². The summed E-state index contributed by atoms with van der Waals surface area (Å²) >= 11 is 0. The average Bonchev–Trinajstić information content (AvgIpc) is 0.807. The molecule has 0 bridgehead atoms. The molecule has 0 aliphatic heterocycles. The van der Waals surface area contributed by atoms with Gasteiger partial charge in [0.2, 0.25) is 0 Å². The second kappa shape index (κ2) is 46.5. The third-order valence-electron chi connectivity index (χ3n) is 24.3. The maximum Gasteiger partial charge on any atom is 0.179 e. The number of anilines is 2. The van der Waals surface area contributed by atoms with Gasteiger partial charge < -0.3 is 9.13 Å². The Bertz CT molecular complexity index is 3000. The van der Waals surface area contributed by atoms with Crippen LogP contribution in [0.15, 0.2) is 133 Å². The van der Waals surface area contributed by atoms with Crippen LogP contribution in [0.1, 0.15) is 327 Å². The predicted molar refractivity (Wildman–Crippen MR) is 533 cm³/mol. The molecule has 110 heavy (non-hydrogen) atoms. The fourth-order valence-electron chi connectivity index (χ4n) is 12.0. The average molecular weight is 1530 g/mol. The van der Waals surface area contributed by atoms with Crippen molar-refractivity contribution in [1.29, 1.82) is 0 Å². The zero-order valence-electron chi connectivity index (χ0n) is 82.7. The smallest absolute Gasteiger partial charge is 0.179 e. The van der Waals surface area contributed by atoms with Crippen LogP contribution < -0.4 is 31.0 Å². The molecule has 0 spiro atoms. The molecular formula is C100H180B6N2Si2. The highest BCUT2D eigenvalue weighted by atomic mass is 28.3. The Morgan fingerprint density at radius 2 is 0.382 bits per heavy atom. The molecule has 6 rings (SSSR count). The molecule has 2 nitrogen and oxygen atoms in total. The standard InChI is InChI=1S/2C17H29B.2C16H29NSi.2C11H17B.2C6H15B/c2*1-12(2)14-10-9-11-15(13(3)4)16(14)18(8)17(5,6)7;2*1-12(2)14-10-9-11-15(13(3)4)16(14)17(5)18(6,7)8;2*1-11(2,3)12(4)10-8-6-5-7-9-10;2*1-6(2,3)7(4)5/h4*9-13H,1-8H3;2*5-9H,1-4H3;2*1-5H3. The highest BCUT2D eigenvalue weighted by Gasteiger charge is 2.34. The van der Waals surface area contributed by atoms with Crippen LogP contribution >= 0.6 is 0 Å². The van der Waals surface area contributed by atoms with Crippen LogP contribution in [0.25, 0.3) is 0 Å². The van der Waals surface area contributed by atoms with Crippen molar-refractivity contribution in [2.75, 3.05) is 23.2 Å². The number of hydrogen-bond donors (Lipinski definition) is 0. The number of para-hydroxylation sites is 2. The predicted octanol–water partition coefficient (Wildman–Crippen LogP) is 31.3. The molecule has 0 aromatic heterocycles. The molecule has 616 valence electrons. The van der Waals surface area contributed by atoms with Crippen molar-refractivity contribution in [3.8, 4) is 0 Å². The summed E-state index contributed by atoms with van der Waals surface area (Å²) in [6, 6.07) is 48.7. The van der Waals surface area contributed by atoms with Gasteiger partial charge in [0.1, 0.15) is 29.9 Å². The van der Waals surface area contributed by atoms with E-state index in [0.29, 0.717) is 106 Å². The molecule has 6 aromatic carbocycles. The molecule has 0 heterocycles. The Morgan fingerprint density at radius 1 is 0.227 bits per heavy atom. The Kier molecular flexibility index (Phi) is 45.5. The van der Waals surface area contributed by atoms with Crippen molar-refractivity contribution < 1.29 is 0 Å². The van der Waals surface area contributed by atoms with Crippen molar-refractivity contribution in [1.82, 2.24) is 0 Å². The van der Waals surface area contributed by atoms with Gasteiger partial charge in [-0.1, -0.05) is 539 Å². The van der Waals surface area contributed by atoms with Crippen LogP contribution in [0.5, 0.6) is 0 Å². The highest BCUT2D eigenvalue weighted by molar-refractivity contribution is 6.80. The van der Waals surface area contributed by atoms with E-state index in [9.17, 15) is 0 Å². The lowest BCUT2D eigenvalue weighted by Gasteiger charge is -2.37. The van der Waals surface area contributed by atoms with Crippen molar-refractivity contribution >= 4 is 90.0 Å². The first-order valence-corrected chi connectivity index (χ1v) is 50.5. The lowest BCUT2D eigenvalue weighted by Crippen LogP contribution is -2.44. The molecule has 6 aromatic rings. The third-order valence-corrected chi connectivity index (χ3v) is 28.8. The van der Waals surface area contributed by atoms with Gasteiger partial charge >= 0.3 is 0 Å². The van der Waals surface area contributed by atoms with E-state index in [2.05, 4.69) is 486 Å². The van der Waals surface area contributed by atoms with Crippen LogP contribution in [-0.2, 0) is 0 Å². The molecule has 0 aliphatic carbocycles. The normalized spacial score (nSPS) is 12.0. The van der Waals surface area contributed by atoms with E-state index in [-0.39, 0.29) is 0 Å². The first kappa shape index (κ1) is 108. The minimum absolute atomic E-state index is 0.314. The van der Waals surface area contributed by atoms with Crippen molar-refractivity contribution in [3.05, 3.63) is 178 Å². The van der Waals surface area contributed by atoms with Gasteiger partial charge in [0.15, 0.2) is 26.9 Å². The monoisotopic (exact) mass is 1530 g/mol. The molecule has 0 amide bonds. The van der Waals surface area contributed by atoms with Crippen molar-refractivity contribution in [2.45, 2.75) is 409 Å². The Labute approximate surface area is 694 Å². The molecule has 0 unspecified atom stereocenters. The first-order chi connectivity index (χ1) is 49.6. The molecule has 0 aliphatic rings. The van der Waals surface area contributed by atoms with Crippen LogP contribution in [0.3, 0.4) is 0 Å². The van der Waals surface area contributed by atoms with Crippen LogP contribution in [-0.4, -0.2) is 70.8 Å². The molecule has 0 fully saturated rings. The van der Waals surface area contributed by atoms with Crippen molar-refractivity contribution in [3.63, 3.8) is 0 Å². The van der Waals surface area contributed by atoms with Gasteiger partial charge in [0, 0.05) is 11.4 Å². The maximum atomic E-state index is 2.57. The summed E-state index contributed by atoms with van der Waals surface area (Å²) in [5, 5.41) is 2.35. The van der Waals surface area contributed by atoms with Crippen LogP contribution in [0, 0.1) is 0 Å². The third kappa shape index (κ3) is 37.1. The summed E-state index contributed by atoms with van der Waals surface area (Å²) in [6.45, 7) is 115. The molecular weight excluding hydrogens is 1350 g/mol. The lowest BCUT2D eigenvalue weighted by atomic mass is 9.31. The van der Waals surface area contributed by atoms with Gasteiger partial charge in [-0.05, 0) is 83.7 Å². The number of nitrogens with zero attached hydrogens (tertiary/aromatic N) is 2. The number of hydrogen-bond acceptors (Lipinski definition) is 2. The Hall–Kier alpha value is -4.26. The van der Waals surface area contributed by atoms with Gasteiger partial charge in [-0.25, -0.2) is 0 Å². The second-order valence-electron chi connectivity index (χ2n) is 44.2. The first-order valence-electron chi connectivity index (χ1n) is 43.6. The van der Waals surface area contributed by atoms with E-state index in [4.69, 9.17) is 0 Å². The molecule has 0 atom stereocenters. The van der Waals surface area contributed by atoms with Gasteiger partial charge in [-0.2, -0.15) is 0 Å². The summed E-state index contributed by atoms with van der Waals surface area (Å²) in [4.78, 5) is 0. The second-order valence-corrected chi connectivity index (χ2v) is 54.2. The topological polar surface area (TPSA) is 6.48 Å². The largest absolute Gasteiger partial charge is 0.400 e. The van der Waals surface area contributed by atoms with E-state index >= 15 is 0 Å². The van der Waals surface area contributed by atoms with Gasteiger partial charge in [0.25, 0.3) is 0 Å². The van der Waals surface area contributed by atoms with Crippen LogP contribution in [0.2, 0.25) is 126 Å². The van der Waals surface area contributed by atoms with Gasteiger partial charge in [0.05, 0.1) is 0 Å². The molecule has 0 radical (unpaired) electrons. The zero-order valence-corrected chi connectivity index (χ0v) is 84.7. The van der Waals surface area contributed by atoms with Crippen LogP contribution in [0.4, 0.5) is 11.4 Å².